The monoisotopic (exact) mass is 377 g/mol. The van der Waals surface area contributed by atoms with Crippen LogP contribution in [0.3, 0.4) is 0 Å². The van der Waals surface area contributed by atoms with Gasteiger partial charge in [-0.3, -0.25) is 14.3 Å². The Hall–Kier alpha value is -3.36. The topological polar surface area (TPSA) is 73.2 Å². The molecule has 0 saturated carbocycles. The molecule has 1 aromatic heterocycles. The summed E-state index contributed by atoms with van der Waals surface area (Å²) in [6.45, 7) is 0.148. The Morgan fingerprint density at radius 1 is 1.11 bits per heavy atom. The molecule has 3 aromatic rings. The molecule has 0 bridgehead atoms. The highest BCUT2D eigenvalue weighted by Gasteiger charge is 2.32. The van der Waals surface area contributed by atoms with Crippen molar-refractivity contribution in [1.29, 1.82) is 0 Å². The first-order valence-electron chi connectivity index (χ1n) is 7.93. The zero-order valence-electron chi connectivity index (χ0n) is 13.9. The van der Waals surface area contributed by atoms with Crippen LogP contribution in [-0.2, 0) is 11.3 Å². The van der Waals surface area contributed by atoms with Crippen LogP contribution in [0.15, 0.2) is 59.5 Å². The van der Waals surface area contributed by atoms with E-state index in [4.69, 9.17) is 0 Å². The Kier molecular flexibility index (Phi) is 5.11. The Labute approximate surface area is 151 Å². The molecule has 0 radical (unpaired) electrons. The number of aryl methyl sites for hydroxylation is 1. The lowest BCUT2D eigenvalue weighted by molar-refractivity contribution is -0.274. The van der Waals surface area contributed by atoms with Crippen molar-refractivity contribution in [3.05, 3.63) is 65.0 Å². The molecular formula is C18H14F3N3O3. The maximum absolute atomic E-state index is 12.4. The molecule has 0 aliphatic heterocycles. The summed E-state index contributed by atoms with van der Waals surface area (Å²) in [6, 6.07) is 12.1. The van der Waals surface area contributed by atoms with Gasteiger partial charge in [0.15, 0.2) is 5.75 Å². The number of anilines is 1. The number of amides is 1. The molecule has 1 N–H and O–H groups in total. The maximum atomic E-state index is 12.4. The first-order chi connectivity index (χ1) is 12.8. The summed E-state index contributed by atoms with van der Waals surface area (Å²) >= 11 is 0. The van der Waals surface area contributed by atoms with Crippen molar-refractivity contribution >= 4 is 22.5 Å². The number of rotatable bonds is 5. The fraction of sp³-hybridized carbons (Fsp3) is 0.167. The van der Waals surface area contributed by atoms with E-state index in [-0.39, 0.29) is 24.1 Å². The molecule has 1 amide bonds. The van der Waals surface area contributed by atoms with Gasteiger partial charge >= 0.3 is 6.36 Å². The lowest BCUT2D eigenvalue weighted by Gasteiger charge is -2.14. The Morgan fingerprint density at radius 2 is 1.81 bits per heavy atom. The van der Waals surface area contributed by atoms with E-state index in [1.165, 1.54) is 22.9 Å². The maximum Gasteiger partial charge on any atom is 0.573 e. The van der Waals surface area contributed by atoms with Gasteiger partial charge in [0.2, 0.25) is 11.3 Å². The van der Waals surface area contributed by atoms with E-state index in [0.29, 0.717) is 10.9 Å². The van der Waals surface area contributed by atoms with E-state index in [1.807, 2.05) is 0 Å². The van der Waals surface area contributed by atoms with Crippen molar-refractivity contribution in [2.24, 2.45) is 0 Å². The number of carbonyl (C=O) groups is 1. The van der Waals surface area contributed by atoms with Gasteiger partial charge in [-0.05, 0) is 24.3 Å². The van der Waals surface area contributed by atoms with Crippen LogP contribution in [0, 0.1) is 0 Å². The zero-order chi connectivity index (χ0) is 19.4. The molecule has 0 unspecified atom stereocenters. The summed E-state index contributed by atoms with van der Waals surface area (Å²) < 4.78 is 42.7. The SMILES string of the molecule is O=C(CCn1ncc(=O)c2ccccc21)Nc1ccccc1OC(F)(F)F. The number of nitrogens with one attached hydrogen (secondary N) is 1. The minimum Gasteiger partial charge on any atom is -0.404 e. The third-order valence-corrected chi connectivity index (χ3v) is 3.70. The van der Waals surface area contributed by atoms with Gasteiger partial charge in [-0.2, -0.15) is 5.10 Å². The number of carbonyl (C=O) groups excluding carboxylic acids is 1. The van der Waals surface area contributed by atoms with Crippen LogP contribution in [0.4, 0.5) is 18.9 Å². The Morgan fingerprint density at radius 3 is 2.59 bits per heavy atom. The van der Waals surface area contributed by atoms with Gasteiger partial charge < -0.3 is 10.1 Å². The molecule has 3 rings (SSSR count). The number of halogens is 3. The second-order valence-electron chi connectivity index (χ2n) is 5.59. The molecule has 0 aliphatic rings. The van der Waals surface area contributed by atoms with Gasteiger partial charge in [0.1, 0.15) is 0 Å². The van der Waals surface area contributed by atoms with E-state index in [9.17, 15) is 22.8 Å². The predicted octanol–water partition coefficient (Wildman–Crippen LogP) is 3.32. The molecule has 0 saturated heterocycles. The molecule has 6 nitrogen and oxygen atoms in total. The fourth-order valence-corrected chi connectivity index (χ4v) is 2.54. The molecule has 27 heavy (non-hydrogen) atoms. The van der Waals surface area contributed by atoms with Gasteiger partial charge in [0.25, 0.3) is 0 Å². The van der Waals surface area contributed by atoms with Gasteiger partial charge in [-0.15, -0.1) is 13.2 Å². The molecule has 0 spiro atoms. The zero-order valence-corrected chi connectivity index (χ0v) is 13.9. The highest BCUT2D eigenvalue weighted by molar-refractivity contribution is 5.92. The number of hydrogen-bond donors (Lipinski definition) is 1. The number of nitrogens with zero attached hydrogens (tertiary/aromatic N) is 2. The molecule has 0 aliphatic carbocycles. The average Bonchev–Trinajstić information content (AvgIpc) is 2.62. The summed E-state index contributed by atoms with van der Waals surface area (Å²) in [4.78, 5) is 24.0. The van der Waals surface area contributed by atoms with E-state index in [0.717, 1.165) is 12.3 Å². The lowest BCUT2D eigenvalue weighted by atomic mass is 10.2. The molecule has 9 heteroatoms. The van der Waals surface area contributed by atoms with Gasteiger partial charge in [-0.1, -0.05) is 24.3 Å². The van der Waals surface area contributed by atoms with Crippen molar-refractivity contribution in [2.45, 2.75) is 19.3 Å². The third kappa shape index (κ3) is 4.63. The molecular weight excluding hydrogens is 363 g/mol. The van der Waals surface area contributed by atoms with Gasteiger partial charge in [0, 0.05) is 11.8 Å². The van der Waals surface area contributed by atoms with Crippen LogP contribution < -0.4 is 15.5 Å². The lowest BCUT2D eigenvalue weighted by Crippen LogP contribution is -2.20. The van der Waals surface area contributed by atoms with Crippen molar-refractivity contribution < 1.29 is 22.7 Å². The van der Waals surface area contributed by atoms with E-state index >= 15 is 0 Å². The van der Waals surface area contributed by atoms with Gasteiger partial charge in [0.05, 0.1) is 23.9 Å². The molecule has 0 fully saturated rings. The smallest absolute Gasteiger partial charge is 0.404 e. The second kappa shape index (κ2) is 7.48. The largest absolute Gasteiger partial charge is 0.573 e. The summed E-state index contributed by atoms with van der Waals surface area (Å²) in [6.07, 6.45) is -3.76. The highest BCUT2D eigenvalue weighted by atomic mass is 19.4. The normalized spacial score (nSPS) is 11.4. The van der Waals surface area contributed by atoms with Crippen molar-refractivity contribution in [3.63, 3.8) is 0 Å². The number of fused-ring (bicyclic) bond motifs is 1. The van der Waals surface area contributed by atoms with Crippen molar-refractivity contribution in [1.82, 2.24) is 9.78 Å². The molecule has 140 valence electrons. The van der Waals surface area contributed by atoms with Crippen LogP contribution in [0.1, 0.15) is 6.42 Å². The second-order valence-corrected chi connectivity index (χ2v) is 5.59. The van der Waals surface area contributed by atoms with Gasteiger partial charge in [-0.25, -0.2) is 0 Å². The van der Waals surface area contributed by atoms with Crippen molar-refractivity contribution in [3.8, 4) is 5.75 Å². The van der Waals surface area contributed by atoms with E-state index < -0.39 is 18.0 Å². The first-order valence-corrected chi connectivity index (χ1v) is 7.93. The molecule has 0 atom stereocenters. The minimum absolute atomic E-state index is 0.0553. The number of benzene rings is 2. The number of para-hydroxylation sites is 3. The predicted molar refractivity (Wildman–Crippen MR) is 92.4 cm³/mol. The number of alkyl halides is 3. The average molecular weight is 377 g/mol. The molecule has 1 heterocycles. The third-order valence-electron chi connectivity index (χ3n) is 3.70. The summed E-state index contributed by atoms with van der Waals surface area (Å²) in [5.74, 6) is -1.01. The van der Waals surface area contributed by atoms with E-state index in [2.05, 4.69) is 15.2 Å². The van der Waals surface area contributed by atoms with Crippen LogP contribution in [0.25, 0.3) is 10.9 Å². The van der Waals surface area contributed by atoms with Crippen LogP contribution in [-0.4, -0.2) is 22.1 Å². The highest BCUT2D eigenvalue weighted by Crippen LogP contribution is 2.29. The van der Waals surface area contributed by atoms with Crippen molar-refractivity contribution in [2.75, 3.05) is 5.32 Å². The van der Waals surface area contributed by atoms with Crippen LogP contribution >= 0.6 is 0 Å². The Balaban J connectivity index is 1.72. The van der Waals surface area contributed by atoms with Crippen LogP contribution in [0.2, 0.25) is 0 Å². The summed E-state index contributed by atoms with van der Waals surface area (Å²) in [7, 11) is 0. The number of aromatic nitrogens is 2. The quantitative estimate of drug-likeness (QED) is 0.740. The molecule has 2 aromatic carbocycles. The van der Waals surface area contributed by atoms with E-state index in [1.54, 1.807) is 24.3 Å². The summed E-state index contributed by atoms with van der Waals surface area (Å²) in [5, 5.41) is 6.87. The van der Waals surface area contributed by atoms with Crippen LogP contribution in [0.5, 0.6) is 5.75 Å². The number of hydrogen-bond acceptors (Lipinski definition) is 4. The summed E-state index contributed by atoms with van der Waals surface area (Å²) in [5.41, 5.74) is 0.251. The Bertz CT molecular complexity index is 1030. The standard InChI is InChI=1S/C18H14F3N3O3/c19-18(20,21)27-16-8-4-2-6-13(16)23-17(26)9-10-24-14-7-3-1-5-12(14)15(25)11-22-24/h1-8,11H,9-10H2,(H,23,26). The fourth-order valence-electron chi connectivity index (χ4n) is 2.54. The number of ether oxygens (including phenoxy) is 1. The minimum atomic E-state index is -4.86. The first kappa shape index (κ1) is 18.4.